The summed E-state index contributed by atoms with van der Waals surface area (Å²) in [6, 6.07) is 7.60. The fourth-order valence-electron chi connectivity index (χ4n) is 2.69. The van der Waals surface area contributed by atoms with E-state index >= 15 is 0 Å². The fraction of sp³-hybridized carbons (Fsp3) is 0.600. The Morgan fingerprint density at radius 2 is 1.84 bits per heavy atom. The number of hydrogen-bond acceptors (Lipinski definition) is 2. The summed E-state index contributed by atoms with van der Waals surface area (Å²) in [4.78, 5) is 2.52. The molecule has 0 aliphatic carbocycles. The van der Waals surface area contributed by atoms with Crippen LogP contribution in [0.3, 0.4) is 0 Å². The molecule has 0 bridgehead atoms. The van der Waals surface area contributed by atoms with Gasteiger partial charge in [0.2, 0.25) is 0 Å². The predicted octanol–water partition coefficient (Wildman–Crippen LogP) is 3.03. The number of halogens is 2. The van der Waals surface area contributed by atoms with Crippen LogP contribution in [0.1, 0.15) is 31.2 Å². The molecule has 0 aromatic heterocycles. The van der Waals surface area contributed by atoms with E-state index < -0.39 is 0 Å². The van der Waals surface area contributed by atoms with Gasteiger partial charge in [0.05, 0.1) is 0 Å². The molecule has 0 amide bonds. The predicted molar refractivity (Wildman–Crippen MR) is 80.6 cm³/mol. The van der Waals surface area contributed by atoms with Crippen molar-refractivity contribution < 1.29 is 4.39 Å². The standard InChI is InChI=1S/C15H23FN2.ClH/c1-12(13-3-5-14(16)6-4-13)11-18-9-7-15(17-2)8-10-18;/h3-6,12,15,17H,7-11H2,1-2H3;1H. The zero-order chi connectivity index (χ0) is 13.0. The molecule has 0 radical (unpaired) electrons. The first-order chi connectivity index (χ1) is 8.69. The van der Waals surface area contributed by atoms with Crippen LogP contribution in [0.15, 0.2) is 24.3 Å². The Kier molecular flexibility index (Phi) is 6.76. The molecule has 1 aromatic carbocycles. The van der Waals surface area contributed by atoms with Crippen LogP contribution in [-0.4, -0.2) is 37.6 Å². The summed E-state index contributed by atoms with van der Waals surface area (Å²) in [7, 11) is 2.04. The number of nitrogens with zero attached hydrogens (tertiary/aromatic N) is 1. The van der Waals surface area contributed by atoms with Crippen LogP contribution in [0.25, 0.3) is 0 Å². The van der Waals surface area contributed by atoms with Crippen molar-refractivity contribution in [2.45, 2.75) is 31.7 Å². The van der Waals surface area contributed by atoms with Crippen LogP contribution in [0.4, 0.5) is 4.39 Å². The van der Waals surface area contributed by atoms with Crippen molar-refractivity contribution in [3.05, 3.63) is 35.6 Å². The third-order valence-electron chi connectivity index (χ3n) is 3.97. The van der Waals surface area contributed by atoms with Crippen LogP contribution in [0.2, 0.25) is 0 Å². The number of hydrogen-bond donors (Lipinski definition) is 1. The SMILES string of the molecule is CNC1CCN(CC(C)c2ccc(F)cc2)CC1.Cl. The van der Waals surface area contributed by atoms with Crippen molar-refractivity contribution in [2.24, 2.45) is 0 Å². The van der Waals surface area contributed by atoms with Gasteiger partial charge >= 0.3 is 0 Å². The van der Waals surface area contributed by atoms with E-state index in [1.54, 1.807) is 12.1 Å². The Bertz CT molecular complexity index is 361. The molecule has 1 aromatic rings. The molecule has 1 heterocycles. The summed E-state index contributed by atoms with van der Waals surface area (Å²) in [5, 5.41) is 3.35. The number of rotatable bonds is 4. The molecule has 4 heteroatoms. The molecule has 1 unspecified atom stereocenters. The minimum Gasteiger partial charge on any atom is -0.317 e. The Morgan fingerprint density at radius 3 is 2.37 bits per heavy atom. The molecule has 108 valence electrons. The lowest BCUT2D eigenvalue weighted by Crippen LogP contribution is -2.42. The highest BCUT2D eigenvalue weighted by Crippen LogP contribution is 2.19. The third-order valence-corrected chi connectivity index (χ3v) is 3.97. The Hall–Kier alpha value is -0.640. The lowest BCUT2D eigenvalue weighted by Gasteiger charge is -2.33. The van der Waals surface area contributed by atoms with E-state index in [4.69, 9.17) is 0 Å². The van der Waals surface area contributed by atoms with Crippen molar-refractivity contribution in [3.63, 3.8) is 0 Å². The topological polar surface area (TPSA) is 15.3 Å². The average molecular weight is 287 g/mol. The maximum atomic E-state index is 12.9. The van der Waals surface area contributed by atoms with E-state index in [0.717, 1.165) is 19.6 Å². The highest BCUT2D eigenvalue weighted by molar-refractivity contribution is 5.85. The van der Waals surface area contributed by atoms with Gasteiger partial charge in [-0.1, -0.05) is 19.1 Å². The summed E-state index contributed by atoms with van der Waals surface area (Å²) in [6.45, 7) is 5.62. The second-order valence-electron chi connectivity index (χ2n) is 5.32. The zero-order valence-electron chi connectivity index (χ0n) is 11.7. The summed E-state index contributed by atoms with van der Waals surface area (Å²) >= 11 is 0. The van der Waals surface area contributed by atoms with E-state index in [-0.39, 0.29) is 18.2 Å². The highest BCUT2D eigenvalue weighted by atomic mass is 35.5. The summed E-state index contributed by atoms with van der Waals surface area (Å²) in [5.41, 5.74) is 1.23. The number of piperidine rings is 1. The quantitative estimate of drug-likeness (QED) is 0.915. The number of nitrogens with one attached hydrogen (secondary N) is 1. The second kappa shape index (κ2) is 7.83. The Morgan fingerprint density at radius 1 is 1.26 bits per heavy atom. The van der Waals surface area contributed by atoms with Crippen LogP contribution < -0.4 is 5.32 Å². The van der Waals surface area contributed by atoms with Crippen molar-refractivity contribution in [2.75, 3.05) is 26.7 Å². The Balaban J connectivity index is 0.00000180. The van der Waals surface area contributed by atoms with Crippen molar-refractivity contribution in [3.8, 4) is 0 Å². The monoisotopic (exact) mass is 286 g/mol. The molecule has 1 aliphatic heterocycles. The Labute approximate surface area is 121 Å². The summed E-state index contributed by atoms with van der Waals surface area (Å²) < 4.78 is 12.9. The van der Waals surface area contributed by atoms with Crippen molar-refractivity contribution in [1.82, 2.24) is 10.2 Å². The van der Waals surface area contributed by atoms with E-state index in [9.17, 15) is 4.39 Å². The first-order valence-corrected chi connectivity index (χ1v) is 6.84. The minimum absolute atomic E-state index is 0. The molecule has 2 nitrogen and oxygen atoms in total. The van der Waals surface area contributed by atoms with E-state index in [1.807, 2.05) is 19.2 Å². The summed E-state index contributed by atoms with van der Waals surface area (Å²) in [5.74, 6) is 0.317. The first kappa shape index (κ1) is 16.4. The van der Waals surface area contributed by atoms with E-state index in [1.165, 1.54) is 18.4 Å². The maximum Gasteiger partial charge on any atom is 0.123 e. The first-order valence-electron chi connectivity index (χ1n) is 6.84. The van der Waals surface area contributed by atoms with Crippen LogP contribution in [0, 0.1) is 5.82 Å². The van der Waals surface area contributed by atoms with Crippen LogP contribution in [0.5, 0.6) is 0 Å². The van der Waals surface area contributed by atoms with Crippen molar-refractivity contribution in [1.29, 1.82) is 0 Å². The second-order valence-corrected chi connectivity index (χ2v) is 5.32. The molecular weight excluding hydrogens is 263 g/mol. The summed E-state index contributed by atoms with van der Waals surface area (Å²) in [6.07, 6.45) is 2.46. The molecule has 2 rings (SSSR count). The lowest BCUT2D eigenvalue weighted by atomic mass is 9.98. The number of benzene rings is 1. The smallest absolute Gasteiger partial charge is 0.123 e. The molecule has 1 saturated heterocycles. The highest BCUT2D eigenvalue weighted by Gasteiger charge is 2.19. The molecule has 0 spiro atoms. The van der Waals surface area contributed by atoms with Gasteiger partial charge in [0.1, 0.15) is 5.82 Å². The van der Waals surface area contributed by atoms with Gasteiger partial charge in [0.25, 0.3) is 0 Å². The average Bonchev–Trinajstić information content (AvgIpc) is 2.40. The van der Waals surface area contributed by atoms with E-state index in [2.05, 4.69) is 17.1 Å². The lowest BCUT2D eigenvalue weighted by molar-refractivity contribution is 0.194. The molecule has 19 heavy (non-hydrogen) atoms. The van der Waals surface area contributed by atoms with E-state index in [0.29, 0.717) is 12.0 Å². The van der Waals surface area contributed by atoms with Gasteiger partial charge in [-0.3, -0.25) is 0 Å². The van der Waals surface area contributed by atoms with Crippen LogP contribution >= 0.6 is 12.4 Å². The third kappa shape index (κ3) is 4.75. The molecule has 1 fully saturated rings. The van der Waals surface area contributed by atoms with Gasteiger partial charge in [-0.25, -0.2) is 4.39 Å². The zero-order valence-corrected chi connectivity index (χ0v) is 12.5. The van der Waals surface area contributed by atoms with Gasteiger partial charge in [-0.15, -0.1) is 12.4 Å². The van der Waals surface area contributed by atoms with Crippen LogP contribution in [-0.2, 0) is 0 Å². The van der Waals surface area contributed by atoms with Gasteiger partial charge in [-0.2, -0.15) is 0 Å². The molecule has 1 aliphatic rings. The molecule has 1 N–H and O–H groups in total. The fourth-order valence-corrected chi connectivity index (χ4v) is 2.69. The van der Waals surface area contributed by atoms with Gasteiger partial charge < -0.3 is 10.2 Å². The minimum atomic E-state index is -0.152. The van der Waals surface area contributed by atoms with Gasteiger partial charge in [-0.05, 0) is 56.6 Å². The maximum absolute atomic E-state index is 12.9. The molecule has 0 saturated carbocycles. The molecule has 1 atom stereocenters. The number of likely N-dealkylation sites (tertiary alicyclic amines) is 1. The largest absolute Gasteiger partial charge is 0.317 e. The normalized spacial score (nSPS) is 18.9. The van der Waals surface area contributed by atoms with Crippen molar-refractivity contribution >= 4 is 12.4 Å². The molecular formula is C15H24ClFN2. The van der Waals surface area contributed by atoms with Gasteiger partial charge in [0.15, 0.2) is 0 Å². The van der Waals surface area contributed by atoms with Gasteiger partial charge in [0, 0.05) is 12.6 Å².